The van der Waals surface area contributed by atoms with Crippen molar-refractivity contribution in [1.82, 2.24) is 0 Å². The molecule has 1 fully saturated rings. The lowest BCUT2D eigenvalue weighted by Gasteiger charge is -1.78. The molecule has 0 aliphatic carbocycles. The summed E-state index contributed by atoms with van der Waals surface area (Å²) in [6.07, 6.45) is -8.38. The van der Waals surface area contributed by atoms with E-state index in [1.54, 1.807) is 0 Å². The summed E-state index contributed by atoms with van der Waals surface area (Å²) in [5.74, 6) is 0. The Bertz CT molecular complexity index is 100. The Morgan fingerprint density at radius 3 is 1.11 bits per heavy atom. The van der Waals surface area contributed by atoms with E-state index in [2.05, 4.69) is 4.74 Å². The molecule has 0 N–H and O–H groups in total. The van der Waals surface area contributed by atoms with E-state index in [0.29, 0.717) is 0 Å². The Labute approximate surface area is 47.4 Å². The minimum absolute atomic E-state index is 2.00. The highest BCUT2D eigenvalue weighted by Gasteiger charge is 2.79. The number of carbonyl (C=O) groups is 1. The third kappa shape index (κ3) is 1.38. The number of hydrogen-bond acceptors (Lipinski definition) is 2. The lowest BCUT2D eigenvalue weighted by atomic mass is 10.8. The lowest BCUT2D eigenvalue weighted by Crippen LogP contribution is -2.02. The van der Waals surface area contributed by atoms with Crippen LogP contribution in [0.5, 0.6) is 0 Å². The van der Waals surface area contributed by atoms with Crippen molar-refractivity contribution in [3.63, 3.8) is 0 Å². The molecule has 0 amide bonds. The van der Waals surface area contributed by atoms with E-state index >= 15 is 0 Å². The van der Waals surface area contributed by atoms with Crippen LogP contribution in [0, 0.1) is 0 Å². The van der Waals surface area contributed by atoms with E-state index < -0.39 is 12.2 Å². The normalized spacial score (nSPS) is 25.8. The number of halogens is 4. The summed E-state index contributed by atoms with van der Waals surface area (Å²) >= 11 is 0. The van der Waals surface area contributed by atoms with Crippen LogP contribution < -0.4 is 0 Å². The second-order valence-electron chi connectivity index (χ2n) is 1.14. The smallest absolute Gasteiger partial charge is 0.307 e. The molecular weight excluding hydrogens is 144 g/mol. The molecule has 1 rings (SSSR count). The number of ether oxygens (including phenoxy) is 1. The standard InChI is InChI=1S/C2F4O.CH2O/c3-1(4)2(5,6)7-1;1-2/h;1H2. The summed E-state index contributed by atoms with van der Waals surface area (Å²) in [6.45, 7) is 2.00. The van der Waals surface area contributed by atoms with Gasteiger partial charge in [0.15, 0.2) is 0 Å². The van der Waals surface area contributed by atoms with Gasteiger partial charge in [0, 0.05) is 0 Å². The fourth-order valence-electron chi connectivity index (χ4n) is 0.135. The van der Waals surface area contributed by atoms with Crippen molar-refractivity contribution >= 4 is 6.79 Å². The largest absolute Gasteiger partial charge is 0.453 e. The molecule has 0 radical (unpaired) electrons. The molecule has 6 heteroatoms. The first-order valence-corrected chi connectivity index (χ1v) is 1.70. The van der Waals surface area contributed by atoms with Crippen LogP contribution in [0.25, 0.3) is 0 Å². The van der Waals surface area contributed by atoms with Gasteiger partial charge in [-0.25, -0.2) is 4.74 Å². The average molecular weight is 146 g/mol. The maximum atomic E-state index is 10.9. The molecule has 0 saturated carbocycles. The van der Waals surface area contributed by atoms with Crippen LogP contribution in [-0.2, 0) is 9.53 Å². The number of hydrogen-bond donors (Lipinski definition) is 0. The van der Waals surface area contributed by atoms with Gasteiger partial charge in [0.2, 0.25) is 0 Å². The summed E-state index contributed by atoms with van der Waals surface area (Å²) in [6, 6.07) is 0. The topological polar surface area (TPSA) is 29.6 Å². The third-order valence-corrected chi connectivity index (χ3v) is 0.554. The van der Waals surface area contributed by atoms with Crippen LogP contribution in [-0.4, -0.2) is 19.0 Å². The minimum atomic E-state index is -4.19. The van der Waals surface area contributed by atoms with Gasteiger partial charge in [-0.15, -0.1) is 0 Å². The highest BCUT2D eigenvalue weighted by atomic mass is 19.4. The van der Waals surface area contributed by atoms with Crippen molar-refractivity contribution in [2.45, 2.75) is 12.2 Å². The first-order valence-electron chi connectivity index (χ1n) is 1.70. The van der Waals surface area contributed by atoms with Gasteiger partial charge in [-0.05, 0) is 0 Å². The SMILES string of the molecule is C=O.FC1(F)OC1(F)F. The van der Waals surface area contributed by atoms with Gasteiger partial charge in [-0.1, -0.05) is 0 Å². The molecule has 0 bridgehead atoms. The van der Waals surface area contributed by atoms with Gasteiger partial charge < -0.3 is 4.79 Å². The van der Waals surface area contributed by atoms with Crippen molar-refractivity contribution in [3.05, 3.63) is 0 Å². The zero-order chi connectivity index (χ0) is 7.71. The second-order valence-corrected chi connectivity index (χ2v) is 1.14. The second kappa shape index (κ2) is 1.94. The van der Waals surface area contributed by atoms with Crippen molar-refractivity contribution in [2.24, 2.45) is 0 Å². The molecule has 2 nitrogen and oxygen atoms in total. The third-order valence-electron chi connectivity index (χ3n) is 0.554. The van der Waals surface area contributed by atoms with Crippen molar-refractivity contribution in [1.29, 1.82) is 0 Å². The van der Waals surface area contributed by atoms with Crippen LogP contribution in [0.3, 0.4) is 0 Å². The highest BCUT2D eigenvalue weighted by Crippen LogP contribution is 2.52. The Balaban J connectivity index is 0.000000291. The van der Waals surface area contributed by atoms with Crippen LogP contribution >= 0.6 is 0 Å². The Morgan fingerprint density at radius 1 is 1.00 bits per heavy atom. The zero-order valence-corrected chi connectivity index (χ0v) is 4.04. The molecule has 0 spiro atoms. The van der Waals surface area contributed by atoms with Gasteiger partial charge in [-0.3, -0.25) is 0 Å². The predicted octanol–water partition coefficient (Wildman–Crippen LogP) is 1.02. The quantitative estimate of drug-likeness (QED) is 0.377. The van der Waals surface area contributed by atoms with Gasteiger partial charge in [0.1, 0.15) is 6.79 Å². The van der Waals surface area contributed by atoms with Crippen LogP contribution in [0.4, 0.5) is 17.6 Å². The Morgan fingerprint density at radius 2 is 1.11 bits per heavy atom. The van der Waals surface area contributed by atoms with Gasteiger partial charge in [0.05, 0.1) is 0 Å². The molecule has 1 heterocycles. The van der Waals surface area contributed by atoms with Crippen molar-refractivity contribution < 1.29 is 27.1 Å². The number of carbonyl (C=O) groups excluding carboxylic acids is 1. The van der Waals surface area contributed by atoms with E-state index in [9.17, 15) is 17.6 Å². The number of rotatable bonds is 0. The predicted molar refractivity (Wildman–Crippen MR) is 18.1 cm³/mol. The molecular formula is C3H2F4O2. The van der Waals surface area contributed by atoms with Crippen LogP contribution in [0.1, 0.15) is 0 Å². The Kier molecular flexibility index (Phi) is 1.80. The Hall–Kier alpha value is -0.650. The van der Waals surface area contributed by atoms with E-state index in [1.807, 2.05) is 6.79 Å². The summed E-state index contributed by atoms with van der Waals surface area (Å²) < 4.78 is 46.4. The van der Waals surface area contributed by atoms with Gasteiger partial charge >= 0.3 is 12.2 Å². The molecule has 1 aliphatic rings. The van der Waals surface area contributed by atoms with Crippen molar-refractivity contribution in [2.75, 3.05) is 0 Å². The first kappa shape index (κ1) is 8.35. The summed E-state index contributed by atoms with van der Waals surface area (Å²) in [5.41, 5.74) is 0. The molecule has 0 aromatic rings. The molecule has 0 atom stereocenters. The van der Waals surface area contributed by atoms with Gasteiger partial charge in [-0.2, -0.15) is 17.6 Å². The number of alkyl halides is 4. The van der Waals surface area contributed by atoms with E-state index in [0.717, 1.165) is 0 Å². The van der Waals surface area contributed by atoms with Crippen molar-refractivity contribution in [3.8, 4) is 0 Å². The fraction of sp³-hybridized carbons (Fsp3) is 0.667. The molecule has 0 aromatic carbocycles. The summed E-state index contributed by atoms with van der Waals surface area (Å²) in [7, 11) is 0. The van der Waals surface area contributed by atoms with E-state index in [-0.39, 0.29) is 0 Å². The zero-order valence-electron chi connectivity index (χ0n) is 4.04. The lowest BCUT2D eigenvalue weighted by molar-refractivity contribution is -0.0980. The summed E-state index contributed by atoms with van der Waals surface area (Å²) in [4.78, 5) is 8.00. The molecule has 0 unspecified atom stereocenters. The van der Waals surface area contributed by atoms with E-state index in [1.165, 1.54) is 0 Å². The maximum Gasteiger partial charge on any atom is 0.453 e. The fourth-order valence-corrected chi connectivity index (χ4v) is 0.135. The van der Waals surface area contributed by atoms with Crippen LogP contribution in [0.15, 0.2) is 0 Å². The monoisotopic (exact) mass is 146 g/mol. The molecule has 1 aliphatic heterocycles. The first-order chi connectivity index (χ1) is 3.96. The van der Waals surface area contributed by atoms with Crippen LogP contribution in [0.2, 0.25) is 0 Å². The van der Waals surface area contributed by atoms with E-state index in [4.69, 9.17) is 4.79 Å². The number of epoxide rings is 1. The summed E-state index contributed by atoms with van der Waals surface area (Å²) in [5, 5.41) is 0. The minimum Gasteiger partial charge on any atom is -0.307 e. The average Bonchev–Trinajstić information content (AvgIpc) is 2.10. The molecule has 0 aromatic heterocycles. The highest BCUT2D eigenvalue weighted by molar-refractivity contribution is 5.10. The molecule has 1 saturated heterocycles. The maximum absolute atomic E-state index is 10.9. The molecule has 54 valence electrons. The molecule has 9 heavy (non-hydrogen) atoms. The van der Waals surface area contributed by atoms with Gasteiger partial charge in [0.25, 0.3) is 0 Å².